The van der Waals surface area contributed by atoms with Crippen molar-refractivity contribution in [3.63, 3.8) is 0 Å². The first-order chi connectivity index (χ1) is 9.06. The van der Waals surface area contributed by atoms with Crippen LogP contribution in [0.4, 0.5) is 5.69 Å². The van der Waals surface area contributed by atoms with Gasteiger partial charge < -0.3 is 9.73 Å². The second kappa shape index (κ2) is 5.89. The zero-order chi connectivity index (χ0) is 13.8. The maximum absolute atomic E-state index is 11.8. The van der Waals surface area contributed by atoms with E-state index in [1.54, 1.807) is 24.5 Å². The molecule has 1 amide bonds. The molecule has 19 heavy (non-hydrogen) atoms. The van der Waals surface area contributed by atoms with Crippen molar-refractivity contribution in [3.8, 4) is 0 Å². The Hall–Kier alpha value is -1.81. The van der Waals surface area contributed by atoms with Crippen molar-refractivity contribution in [1.29, 1.82) is 0 Å². The smallest absolute Gasteiger partial charge is 0.248 e. The van der Waals surface area contributed by atoms with E-state index in [0.29, 0.717) is 5.76 Å². The van der Waals surface area contributed by atoms with Crippen LogP contribution in [0.3, 0.4) is 0 Å². The van der Waals surface area contributed by atoms with Gasteiger partial charge in [0.15, 0.2) is 0 Å². The number of anilines is 1. The summed E-state index contributed by atoms with van der Waals surface area (Å²) in [6, 6.07) is 7.56. The number of amides is 1. The number of hydrogen-bond acceptors (Lipinski definition) is 2. The van der Waals surface area contributed by atoms with Crippen molar-refractivity contribution < 1.29 is 9.21 Å². The first-order valence-electron chi connectivity index (χ1n) is 5.85. The van der Waals surface area contributed by atoms with Gasteiger partial charge in [-0.15, -0.1) is 0 Å². The summed E-state index contributed by atoms with van der Waals surface area (Å²) in [5, 5.41) is 2.85. The summed E-state index contributed by atoms with van der Waals surface area (Å²) < 4.78 is 6.00. The fraction of sp³-hybridized carbons (Fsp3) is 0.133. The summed E-state index contributed by atoms with van der Waals surface area (Å²) in [6.45, 7) is 3.98. The number of furan rings is 1. The van der Waals surface area contributed by atoms with E-state index < -0.39 is 0 Å². The number of halogens is 1. The summed E-state index contributed by atoms with van der Waals surface area (Å²) in [5.74, 6) is 0.457. The van der Waals surface area contributed by atoms with Gasteiger partial charge in [0.05, 0.1) is 12.0 Å². The van der Waals surface area contributed by atoms with Crippen LogP contribution in [0.1, 0.15) is 16.9 Å². The lowest BCUT2D eigenvalue weighted by atomic mass is 10.1. The Bertz CT molecular complexity index is 592. The van der Waals surface area contributed by atoms with Gasteiger partial charge in [-0.3, -0.25) is 4.79 Å². The summed E-state index contributed by atoms with van der Waals surface area (Å²) in [6.07, 6.45) is 4.65. The maximum atomic E-state index is 11.8. The van der Waals surface area contributed by atoms with Crippen molar-refractivity contribution in [1.82, 2.24) is 0 Å². The zero-order valence-corrected chi connectivity index (χ0v) is 12.3. The lowest BCUT2D eigenvalue weighted by Gasteiger charge is -2.10. The van der Waals surface area contributed by atoms with Crippen molar-refractivity contribution in [2.45, 2.75) is 13.8 Å². The van der Waals surface area contributed by atoms with Gasteiger partial charge in [0, 0.05) is 10.5 Å². The Morgan fingerprint density at radius 1 is 1.37 bits per heavy atom. The molecule has 0 saturated carbocycles. The van der Waals surface area contributed by atoms with Gasteiger partial charge >= 0.3 is 0 Å². The first kappa shape index (κ1) is 13.6. The third-order valence-electron chi connectivity index (χ3n) is 2.62. The van der Waals surface area contributed by atoms with Crippen molar-refractivity contribution in [2.24, 2.45) is 0 Å². The van der Waals surface area contributed by atoms with Crippen molar-refractivity contribution in [3.05, 3.63) is 58.0 Å². The highest BCUT2D eigenvalue weighted by atomic mass is 79.9. The minimum Gasteiger partial charge on any atom is -0.465 e. The van der Waals surface area contributed by atoms with E-state index in [1.807, 2.05) is 26.0 Å². The van der Waals surface area contributed by atoms with E-state index in [1.165, 1.54) is 6.08 Å². The highest BCUT2D eigenvalue weighted by Crippen LogP contribution is 2.27. The Morgan fingerprint density at radius 2 is 2.16 bits per heavy atom. The molecule has 0 fully saturated rings. The quantitative estimate of drug-likeness (QED) is 0.856. The number of hydrogen-bond donors (Lipinski definition) is 1. The molecule has 0 spiro atoms. The van der Waals surface area contributed by atoms with E-state index in [0.717, 1.165) is 21.3 Å². The van der Waals surface area contributed by atoms with E-state index in [9.17, 15) is 4.79 Å². The molecule has 0 aliphatic heterocycles. The van der Waals surface area contributed by atoms with Crippen LogP contribution in [-0.2, 0) is 4.79 Å². The summed E-state index contributed by atoms with van der Waals surface area (Å²) in [7, 11) is 0. The molecule has 4 heteroatoms. The van der Waals surface area contributed by atoms with Gasteiger partial charge in [-0.25, -0.2) is 0 Å². The predicted molar refractivity (Wildman–Crippen MR) is 80.0 cm³/mol. The molecule has 0 atom stereocenters. The summed E-state index contributed by atoms with van der Waals surface area (Å²) in [4.78, 5) is 11.8. The van der Waals surface area contributed by atoms with Gasteiger partial charge in [-0.2, -0.15) is 0 Å². The Balaban J connectivity index is 2.11. The largest absolute Gasteiger partial charge is 0.465 e. The van der Waals surface area contributed by atoms with Gasteiger partial charge in [0.25, 0.3) is 0 Å². The Morgan fingerprint density at radius 3 is 2.79 bits per heavy atom. The second-order valence-electron chi connectivity index (χ2n) is 4.28. The number of carbonyl (C=O) groups excluding carboxylic acids is 1. The fourth-order valence-corrected chi connectivity index (χ4v) is 2.56. The molecular formula is C15H14BrNO2. The second-order valence-corrected chi connectivity index (χ2v) is 5.13. The van der Waals surface area contributed by atoms with Crippen LogP contribution in [0.2, 0.25) is 0 Å². The van der Waals surface area contributed by atoms with Crippen LogP contribution in [0.5, 0.6) is 0 Å². The van der Waals surface area contributed by atoms with Crippen LogP contribution in [0.25, 0.3) is 6.08 Å². The van der Waals surface area contributed by atoms with Crippen LogP contribution in [0, 0.1) is 13.8 Å². The summed E-state index contributed by atoms with van der Waals surface area (Å²) in [5.41, 5.74) is 2.96. The molecule has 2 rings (SSSR count). The van der Waals surface area contributed by atoms with Gasteiger partial charge in [0.1, 0.15) is 5.76 Å². The lowest BCUT2D eigenvalue weighted by molar-refractivity contribution is -0.111. The molecule has 3 nitrogen and oxygen atoms in total. The highest BCUT2D eigenvalue weighted by Gasteiger charge is 2.07. The Labute approximate surface area is 120 Å². The van der Waals surface area contributed by atoms with Crippen LogP contribution in [-0.4, -0.2) is 5.91 Å². The van der Waals surface area contributed by atoms with Crippen LogP contribution >= 0.6 is 15.9 Å². The molecule has 0 aliphatic carbocycles. The summed E-state index contributed by atoms with van der Waals surface area (Å²) >= 11 is 3.46. The Kier molecular flexibility index (Phi) is 4.22. The van der Waals surface area contributed by atoms with E-state index >= 15 is 0 Å². The molecule has 0 bridgehead atoms. The average molecular weight is 320 g/mol. The molecule has 98 valence electrons. The molecule has 1 heterocycles. The molecule has 1 aromatic carbocycles. The average Bonchev–Trinajstić information content (AvgIpc) is 2.84. The van der Waals surface area contributed by atoms with Crippen LogP contribution < -0.4 is 5.32 Å². The van der Waals surface area contributed by atoms with Gasteiger partial charge in [-0.1, -0.05) is 6.07 Å². The SMILES string of the molecule is Cc1cc(C)c(NC(=O)/C=C/c2ccco2)c(Br)c1. The minimum absolute atomic E-state index is 0.191. The van der Waals surface area contributed by atoms with E-state index in [2.05, 4.69) is 21.2 Å². The molecule has 0 aliphatic rings. The maximum Gasteiger partial charge on any atom is 0.248 e. The standard InChI is InChI=1S/C15H14BrNO2/c1-10-8-11(2)15(13(16)9-10)17-14(18)6-5-12-4-3-7-19-12/h3-9H,1-2H3,(H,17,18)/b6-5+. The number of nitrogens with one attached hydrogen (secondary N) is 1. The third-order valence-corrected chi connectivity index (χ3v) is 3.25. The molecule has 1 N–H and O–H groups in total. The van der Waals surface area contributed by atoms with E-state index in [4.69, 9.17) is 4.42 Å². The lowest BCUT2D eigenvalue weighted by Crippen LogP contribution is -2.09. The molecular weight excluding hydrogens is 306 g/mol. The van der Waals surface area contributed by atoms with Crippen molar-refractivity contribution >= 4 is 33.6 Å². The number of carbonyl (C=O) groups is 1. The third kappa shape index (κ3) is 3.58. The van der Waals surface area contributed by atoms with Crippen molar-refractivity contribution in [2.75, 3.05) is 5.32 Å². The molecule has 0 radical (unpaired) electrons. The molecule has 0 unspecified atom stereocenters. The zero-order valence-electron chi connectivity index (χ0n) is 10.7. The highest BCUT2D eigenvalue weighted by molar-refractivity contribution is 9.10. The number of aryl methyl sites for hydroxylation is 2. The molecule has 2 aromatic rings. The minimum atomic E-state index is -0.191. The topological polar surface area (TPSA) is 42.2 Å². The first-order valence-corrected chi connectivity index (χ1v) is 6.65. The number of benzene rings is 1. The predicted octanol–water partition coefficient (Wildman–Crippen LogP) is 4.31. The van der Waals surface area contributed by atoms with Gasteiger partial charge in [0.2, 0.25) is 5.91 Å². The monoisotopic (exact) mass is 319 g/mol. The normalized spacial score (nSPS) is 10.9. The molecule has 0 saturated heterocycles. The number of rotatable bonds is 3. The molecule has 1 aromatic heterocycles. The van der Waals surface area contributed by atoms with Crippen LogP contribution in [0.15, 0.2) is 45.5 Å². The fourth-order valence-electron chi connectivity index (χ4n) is 1.78. The van der Waals surface area contributed by atoms with E-state index in [-0.39, 0.29) is 5.91 Å². The van der Waals surface area contributed by atoms with Gasteiger partial charge in [-0.05, 0) is 65.2 Å².